The molecule has 2 fully saturated rings. The summed E-state index contributed by atoms with van der Waals surface area (Å²) in [6.07, 6.45) is 2.75. The molecule has 5 rings (SSSR count). The van der Waals surface area contributed by atoms with Crippen LogP contribution in [-0.2, 0) is 26.5 Å². The first-order valence-corrected chi connectivity index (χ1v) is 13.1. The molecule has 2 aromatic rings. The van der Waals surface area contributed by atoms with E-state index in [-0.39, 0.29) is 18.3 Å². The third-order valence-corrected chi connectivity index (χ3v) is 10.2. The van der Waals surface area contributed by atoms with E-state index < -0.39 is 20.0 Å². The van der Waals surface area contributed by atoms with Gasteiger partial charge in [0.1, 0.15) is 0 Å². The Morgan fingerprint density at radius 3 is 2.52 bits per heavy atom. The number of sulfonamides is 2. The molecule has 154 valence electrons. The fourth-order valence-electron chi connectivity index (χ4n) is 4.87. The van der Waals surface area contributed by atoms with Crippen LogP contribution in [0.1, 0.15) is 30.4 Å². The van der Waals surface area contributed by atoms with Crippen molar-refractivity contribution in [1.82, 2.24) is 8.61 Å². The molecule has 3 aliphatic rings. The fourth-order valence-corrected chi connectivity index (χ4v) is 8.20. The van der Waals surface area contributed by atoms with Gasteiger partial charge >= 0.3 is 0 Å². The van der Waals surface area contributed by atoms with Gasteiger partial charge in [-0.3, -0.25) is 0 Å². The largest absolute Gasteiger partial charge is 0.243 e. The highest BCUT2D eigenvalue weighted by Crippen LogP contribution is 2.38. The Morgan fingerprint density at radius 1 is 0.931 bits per heavy atom. The topological polar surface area (TPSA) is 74.8 Å². The summed E-state index contributed by atoms with van der Waals surface area (Å²) in [7, 11) is -6.91. The minimum atomic E-state index is -3.66. The number of piperidine rings is 1. The maximum atomic E-state index is 13.3. The van der Waals surface area contributed by atoms with Crippen LogP contribution < -0.4 is 0 Å². The van der Waals surface area contributed by atoms with E-state index in [1.807, 2.05) is 18.2 Å². The lowest BCUT2D eigenvalue weighted by atomic mass is 10.1. The molecular formula is C21H24N2O4S2. The summed E-state index contributed by atoms with van der Waals surface area (Å²) in [5.74, 6) is 0.168. The number of rotatable bonds is 3. The third kappa shape index (κ3) is 3.22. The van der Waals surface area contributed by atoms with E-state index in [9.17, 15) is 16.8 Å². The Hall–Kier alpha value is -1.74. The summed E-state index contributed by atoms with van der Waals surface area (Å²) < 4.78 is 54.2. The number of nitrogens with zero attached hydrogens (tertiary/aromatic N) is 2. The Morgan fingerprint density at radius 2 is 1.72 bits per heavy atom. The van der Waals surface area contributed by atoms with Crippen LogP contribution in [0.5, 0.6) is 0 Å². The monoisotopic (exact) mass is 432 g/mol. The van der Waals surface area contributed by atoms with E-state index in [1.54, 1.807) is 12.1 Å². The molecule has 0 N–H and O–H groups in total. The van der Waals surface area contributed by atoms with Crippen LogP contribution in [-0.4, -0.2) is 56.9 Å². The molecule has 0 spiro atoms. The second-order valence-corrected chi connectivity index (χ2v) is 12.1. The fraction of sp³-hybridized carbons (Fsp3) is 0.429. The van der Waals surface area contributed by atoms with E-state index in [4.69, 9.17) is 0 Å². The molecule has 29 heavy (non-hydrogen) atoms. The Bertz CT molecular complexity index is 1170. The summed E-state index contributed by atoms with van der Waals surface area (Å²) in [5.41, 5.74) is 4.51. The lowest BCUT2D eigenvalue weighted by Gasteiger charge is -2.36. The molecule has 0 amide bonds. The summed E-state index contributed by atoms with van der Waals surface area (Å²) in [6, 6.07) is 13.3. The molecule has 2 saturated heterocycles. The third-order valence-electron chi connectivity index (χ3n) is 6.31. The van der Waals surface area contributed by atoms with E-state index in [0.29, 0.717) is 37.2 Å². The standard InChI is InChI=1S/C21H24N2O4S2/c24-28(25)12-4-11-23(28)18-6-3-10-22(15-18)29(26,27)19-8-9-21-17(14-19)13-16-5-1-2-7-20(16)21/h1-2,5,7-9,14,18H,3-4,6,10-13,15H2. The minimum Gasteiger partial charge on any atom is -0.212 e. The van der Waals surface area contributed by atoms with Gasteiger partial charge in [-0.2, -0.15) is 8.61 Å². The smallest absolute Gasteiger partial charge is 0.212 e. The van der Waals surface area contributed by atoms with Gasteiger partial charge in [-0.1, -0.05) is 30.3 Å². The van der Waals surface area contributed by atoms with Gasteiger partial charge in [0, 0.05) is 25.7 Å². The molecule has 1 unspecified atom stereocenters. The zero-order valence-corrected chi connectivity index (χ0v) is 17.8. The van der Waals surface area contributed by atoms with Crippen LogP contribution in [0.4, 0.5) is 0 Å². The van der Waals surface area contributed by atoms with Crippen molar-refractivity contribution in [2.24, 2.45) is 0 Å². The molecule has 1 aliphatic carbocycles. The molecule has 0 radical (unpaired) electrons. The molecule has 2 heterocycles. The molecule has 6 nitrogen and oxygen atoms in total. The van der Waals surface area contributed by atoms with Crippen molar-refractivity contribution in [1.29, 1.82) is 0 Å². The van der Waals surface area contributed by atoms with Crippen LogP contribution in [0.3, 0.4) is 0 Å². The zero-order valence-electron chi connectivity index (χ0n) is 16.1. The normalized spacial score (nSPS) is 24.3. The van der Waals surface area contributed by atoms with Crippen molar-refractivity contribution in [2.45, 2.75) is 36.6 Å². The highest BCUT2D eigenvalue weighted by atomic mass is 32.2. The number of hydrogen-bond acceptors (Lipinski definition) is 4. The first kappa shape index (κ1) is 19.2. The predicted molar refractivity (Wildman–Crippen MR) is 112 cm³/mol. The first-order chi connectivity index (χ1) is 13.9. The van der Waals surface area contributed by atoms with Crippen molar-refractivity contribution in [3.63, 3.8) is 0 Å². The van der Waals surface area contributed by atoms with Gasteiger partial charge < -0.3 is 0 Å². The maximum Gasteiger partial charge on any atom is 0.243 e. The van der Waals surface area contributed by atoms with Crippen molar-refractivity contribution < 1.29 is 16.8 Å². The van der Waals surface area contributed by atoms with Gasteiger partial charge in [0.2, 0.25) is 20.0 Å². The van der Waals surface area contributed by atoms with Gasteiger partial charge in [-0.25, -0.2) is 16.8 Å². The Balaban J connectivity index is 1.42. The van der Waals surface area contributed by atoms with Crippen molar-refractivity contribution in [3.8, 4) is 11.1 Å². The maximum absolute atomic E-state index is 13.3. The SMILES string of the molecule is O=S1(=O)CCCN1C1CCCN(S(=O)(=O)c2ccc3c(c2)Cc2ccccc2-3)C1. The van der Waals surface area contributed by atoms with Crippen LogP contribution in [0, 0.1) is 0 Å². The van der Waals surface area contributed by atoms with Crippen LogP contribution >= 0.6 is 0 Å². The minimum absolute atomic E-state index is 0.168. The van der Waals surface area contributed by atoms with Crippen LogP contribution in [0.25, 0.3) is 11.1 Å². The van der Waals surface area contributed by atoms with Crippen molar-refractivity contribution in [2.75, 3.05) is 25.4 Å². The number of benzene rings is 2. The molecule has 0 bridgehead atoms. The Kier molecular flexibility index (Phi) is 4.58. The summed E-state index contributed by atoms with van der Waals surface area (Å²) in [5, 5.41) is 0. The molecule has 0 saturated carbocycles. The second-order valence-electron chi connectivity index (χ2n) is 8.09. The predicted octanol–water partition coefficient (Wildman–Crippen LogP) is 2.45. The average molecular weight is 433 g/mol. The van der Waals surface area contributed by atoms with Crippen LogP contribution in [0.2, 0.25) is 0 Å². The molecule has 2 aliphatic heterocycles. The highest BCUT2D eigenvalue weighted by Gasteiger charge is 2.39. The quantitative estimate of drug-likeness (QED) is 0.637. The van der Waals surface area contributed by atoms with Gasteiger partial charge in [-0.05, 0) is 60.1 Å². The van der Waals surface area contributed by atoms with Crippen molar-refractivity contribution in [3.05, 3.63) is 53.6 Å². The molecular weight excluding hydrogens is 408 g/mol. The summed E-state index contributed by atoms with van der Waals surface area (Å²) in [6.45, 7) is 1.17. The van der Waals surface area contributed by atoms with E-state index >= 15 is 0 Å². The van der Waals surface area contributed by atoms with Gasteiger partial charge in [0.25, 0.3) is 0 Å². The molecule has 0 aromatic heterocycles. The van der Waals surface area contributed by atoms with Crippen LogP contribution in [0.15, 0.2) is 47.4 Å². The van der Waals surface area contributed by atoms with Crippen molar-refractivity contribution >= 4 is 20.0 Å². The zero-order chi connectivity index (χ0) is 20.2. The second kappa shape index (κ2) is 6.91. The Labute approximate surface area is 172 Å². The summed E-state index contributed by atoms with van der Waals surface area (Å²) >= 11 is 0. The van der Waals surface area contributed by atoms with E-state index in [2.05, 4.69) is 12.1 Å². The van der Waals surface area contributed by atoms with Gasteiger partial charge in [0.05, 0.1) is 10.6 Å². The average Bonchev–Trinajstić information content (AvgIpc) is 3.26. The van der Waals surface area contributed by atoms with E-state index in [1.165, 1.54) is 19.7 Å². The lowest BCUT2D eigenvalue weighted by Crippen LogP contribution is -2.50. The summed E-state index contributed by atoms with van der Waals surface area (Å²) in [4.78, 5) is 0.300. The molecule has 2 aromatic carbocycles. The van der Waals surface area contributed by atoms with E-state index in [0.717, 1.165) is 17.5 Å². The van der Waals surface area contributed by atoms with Gasteiger partial charge in [-0.15, -0.1) is 0 Å². The first-order valence-electron chi connectivity index (χ1n) is 10.1. The molecule has 8 heteroatoms. The number of hydrogen-bond donors (Lipinski definition) is 0. The lowest BCUT2D eigenvalue weighted by molar-refractivity contribution is 0.219. The highest BCUT2D eigenvalue weighted by molar-refractivity contribution is 7.89. The molecule has 1 atom stereocenters. The number of fused-ring (bicyclic) bond motifs is 3. The van der Waals surface area contributed by atoms with Gasteiger partial charge in [0.15, 0.2) is 0 Å².